The summed E-state index contributed by atoms with van der Waals surface area (Å²) in [5, 5.41) is 0. The molecule has 1 unspecified atom stereocenters. The Morgan fingerprint density at radius 3 is 2.56 bits per heavy atom. The molecular formula is C11H16FNO3. The molecule has 1 saturated carbocycles. The van der Waals surface area contributed by atoms with Gasteiger partial charge in [-0.2, -0.15) is 0 Å². The number of ether oxygens (including phenoxy) is 1. The maximum absolute atomic E-state index is 13.5. The van der Waals surface area contributed by atoms with E-state index in [2.05, 4.69) is 0 Å². The van der Waals surface area contributed by atoms with Gasteiger partial charge in [0.25, 0.3) is 0 Å². The van der Waals surface area contributed by atoms with E-state index in [1.54, 1.807) is 20.8 Å². The van der Waals surface area contributed by atoms with Gasteiger partial charge in [0.05, 0.1) is 6.04 Å². The Kier molecular flexibility index (Phi) is 2.44. The van der Waals surface area contributed by atoms with Crippen LogP contribution in [0.5, 0.6) is 0 Å². The van der Waals surface area contributed by atoms with Gasteiger partial charge >= 0.3 is 6.09 Å². The highest BCUT2D eigenvalue weighted by atomic mass is 19.1. The number of Topliss-reactive ketones (excluding diaryl/α,β-unsaturated/α-hetero) is 1. The number of halogens is 1. The third-order valence-corrected chi connectivity index (χ3v) is 2.98. The molecule has 5 heteroatoms. The number of hydrogen-bond donors (Lipinski definition) is 0. The van der Waals surface area contributed by atoms with E-state index in [0.29, 0.717) is 13.0 Å². The smallest absolute Gasteiger partial charge is 0.410 e. The van der Waals surface area contributed by atoms with Gasteiger partial charge in [0, 0.05) is 12.5 Å². The lowest BCUT2D eigenvalue weighted by molar-refractivity contribution is -0.127. The fraction of sp³-hybridized carbons (Fsp3) is 0.818. The molecule has 2 fully saturated rings. The molecule has 0 aromatic heterocycles. The number of carbonyl (C=O) groups is 2. The molecule has 2 rings (SSSR count). The minimum Gasteiger partial charge on any atom is -0.444 e. The van der Waals surface area contributed by atoms with Gasteiger partial charge in [0.1, 0.15) is 5.60 Å². The summed E-state index contributed by atoms with van der Waals surface area (Å²) in [5.74, 6) is -0.683. The number of ketones is 1. The lowest BCUT2D eigenvalue weighted by atomic mass is 10.1. The zero-order chi connectivity index (χ0) is 12.1. The molecule has 1 heterocycles. The molecule has 90 valence electrons. The Bertz CT molecular complexity index is 333. The number of fused-ring (bicyclic) bond motifs is 2. The molecule has 0 aromatic carbocycles. The highest BCUT2D eigenvalue weighted by Crippen LogP contribution is 2.37. The molecule has 4 nitrogen and oxygen atoms in total. The molecule has 0 N–H and O–H groups in total. The van der Waals surface area contributed by atoms with E-state index in [-0.39, 0.29) is 11.7 Å². The van der Waals surface area contributed by atoms with Gasteiger partial charge in [-0.1, -0.05) is 0 Å². The number of nitrogens with zero attached hydrogens (tertiary/aromatic N) is 1. The zero-order valence-corrected chi connectivity index (χ0v) is 9.70. The van der Waals surface area contributed by atoms with Crippen molar-refractivity contribution in [2.75, 3.05) is 6.54 Å². The van der Waals surface area contributed by atoms with Crippen LogP contribution in [0.4, 0.5) is 9.18 Å². The predicted octanol–water partition coefficient (Wildman–Crippen LogP) is 1.53. The van der Waals surface area contributed by atoms with Crippen molar-refractivity contribution in [3.05, 3.63) is 0 Å². The van der Waals surface area contributed by atoms with Gasteiger partial charge < -0.3 is 9.64 Å². The van der Waals surface area contributed by atoms with Crippen molar-refractivity contribution in [2.24, 2.45) is 5.92 Å². The maximum Gasteiger partial charge on any atom is 0.410 e. The van der Waals surface area contributed by atoms with Crippen LogP contribution in [0.25, 0.3) is 0 Å². The number of piperidine rings is 1. The first kappa shape index (κ1) is 11.4. The van der Waals surface area contributed by atoms with Crippen molar-refractivity contribution >= 4 is 11.9 Å². The number of carbonyl (C=O) groups excluding carboxylic acids is 2. The van der Waals surface area contributed by atoms with Crippen LogP contribution in [-0.4, -0.2) is 41.1 Å². The molecule has 2 bridgehead atoms. The molecule has 1 aliphatic carbocycles. The summed E-state index contributed by atoms with van der Waals surface area (Å²) in [6.07, 6.45) is -1.60. The standard InChI is InChI=1S/C11H16FNO3/c1-11(2,3)16-10(15)13-5-6-4-7(13)8(12)9(6)14/h6-8H,4-5H2,1-3H3/t6?,7-,8-/m1/s1. The number of alkyl halides is 1. The summed E-state index contributed by atoms with van der Waals surface area (Å²) in [5.41, 5.74) is -0.589. The molecule has 16 heavy (non-hydrogen) atoms. The summed E-state index contributed by atoms with van der Waals surface area (Å²) in [4.78, 5) is 24.3. The van der Waals surface area contributed by atoms with E-state index in [0.717, 1.165) is 0 Å². The van der Waals surface area contributed by atoms with Crippen LogP contribution in [0.2, 0.25) is 0 Å². The first-order valence-electron chi connectivity index (χ1n) is 5.47. The van der Waals surface area contributed by atoms with Crippen LogP contribution >= 0.6 is 0 Å². The second kappa shape index (κ2) is 3.43. The van der Waals surface area contributed by atoms with Crippen LogP contribution in [0.1, 0.15) is 27.2 Å². The van der Waals surface area contributed by atoms with E-state index < -0.39 is 23.9 Å². The molecule has 0 aromatic rings. The van der Waals surface area contributed by atoms with Crippen LogP contribution in [0.15, 0.2) is 0 Å². The van der Waals surface area contributed by atoms with Crippen LogP contribution in [0.3, 0.4) is 0 Å². The van der Waals surface area contributed by atoms with Crippen LogP contribution < -0.4 is 0 Å². The second-order valence-corrected chi connectivity index (χ2v) is 5.44. The van der Waals surface area contributed by atoms with Crippen molar-refractivity contribution in [1.82, 2.24) is 4.90 Å². The summed E-state index contributed by atoms with van der Waals surface area (Å²) in [6, 6.07) is -0.604. The van der Waals surface area contributed by atoms with Crippen LogP contribution in [-0.2, 0) is 9.53 Å². The SMILES string of the molecule is CC(C)(C)OC(=O)N1CC2C[C@@H]1[C@@H](F)C2=O. The molecule has 1 saturated heterocycles. The third-order valence-electron chi connectivity index (χ3n) is 2.98. The molecule has 3 atom stereocenters. The first-order valence-corrected chi connectivity index (χ1v) is 5.47. The molecule has 1 aliphatic heterocycles. The minimum absolute atomic E-state index is 0.304. The monoisotopic (exact) mass is 229 g/mol. The van der Waals surface area contributed by atoms with Gasteiger partial charge in [0.2, 0.25) is 0 Å². The average Bonchev–Trinajstić information content (AvgIpc) is 2.65. The summed E-state index contributed by atoms with van der Waals surface area (Å²) < 4.78 is 18.6. The third kappa shape index (κ3) is 1.79. The maximum atomic E-state index is 13.5. The minimum atomic E-state index is -1.52. The van der Waals surface area contributed by atoms with Gasteiger partial charge in [-0.05, 0) is 27.2 Å². The highest BCUT2D eigenvalue weighted by molar-refractivity contribution is 5.91. The van der Waals surface area contributed by atoms with E-state index in [9.17, 15) is 14.0 Å². The summed E-state index contributed by atoms with van der Waals surface area (Å²) in [7, 11) is 0. The van der Waals surface area contributed by atoms with Gasteiger partial charge in [-0.3, -0.25) is 4.79 Å². The largest absolute Gasteiger partial charge is 0.444 e. The number of rotatable bonds is 0. The fourth-order valence-corrected chi connectivity index (χ4v) is 2.29. The van der Waals surface area contributed by atoms with Crippen molar-refractivity contribution in [3.8, 4) is 0 Å². The molecular weight excluding hydrogens is 213 g/mol. The van der Waals surface area contributed by atoms with Crippen molar-refractivity contribution in [1.29, 1.82) is 0 Å². The van der Waals surface area contributed by atoms with E-state index in [4.69, 9.17) is 4.74 Å². The van der Waals surface area contributed by atoms with Crippen molar-refractivity contribution in [2.45, 2.75) is 45.0 Å². The Hall–Kier alpha value is -1.13. The topological polar surface area (TPSA) is 46.6 Å². The second-order valence-electron chi connectivity index (χ2n) is 5.44. The summed E-state index contributed by atoms with van der Waals surface area (Å²) in [6.45, 7) is 5.59. The van der Waals surface area contributed by atoms with Gasteiger partial charge in [-0.15, -0.1) is 0 Å². The zero-order valence-electron chi connectivity index (χ0n) is 9.70. The normalized spacial score (nSPS) is 33.4. The number of likely N-dealkylation sites (tertiary alicyclic amines) is 1. The fourth-order valence-electron chi connectivity index (χ4n) is 2.29. The lowest BCUT2D eigenvalue weighted by Gasteiger charge is -2.31. The number of amides is 1. The summed E-state index contributed by atoms with van der Waals surface area (Å²) >= 11 is 0. The van der Waals surface area contributed by atoms with E-state index in [1.807, 2.05) is 0 Å². The lowest BCUT2D eigenvalue weighted by Crippen LogP contribution is -2.48. The first-order chi connectivity index (χ1) is 7.29. The Labute approximate surface area is 93.7 Å². The predicted molar refractivity (Wildman–Crippen MR) is 54.7 cm³/mol. The molecule has 0 radical (unpaired) electrons. The molecule has 0 spiro atoms. The Morgan fingerprint density at radius 1 is 1.50 bits per heavy atom. The Morgan fingerprint density at radius 2 is 2.12 bits per heavy atom. The van der Waals surface area contributed by atoms with Crippen molar-refractivity contribution in [3.63, 3.8) is 0 Å². The van der Waals surface area contributed by atoms with Crippen molar-refractivity contribution < 1.29 is 18.7 Å². The van der Waals surface area contributed by atoms with E-state index in [1.165, 1.54) is 4.90 Å². The number of hydrogen-bond acceptors (Lipinski definition) is 3. The van der Waals surface area contributed by atoms with Gasteiger partial charge in [-0.25, -0.2) is 9.18 Å². The quantitative estimate of drug-likeness (QED) is 0.633. The van der Waals surface area contributed by atoms with E-state index >= 15 is 0 Å². The molecule has 2 aliphatic rings. The highest BCUT2D eigenvalue weighted by Gasteiger charge is 2.54. The average molecular weight is 229 g/mol. The van der Waals surface area contributed by atoms with Crippen LogP contribution in [0, 0.1) is 5.92 Å². The van der Waals surface area contributed by atoms with Gasteiger partial charge in [0.15, 0.2) is 12.0 Å². The molecule has 1 amide bonds. The Balaban J connectivity index is 2.04.